The Morgan fingerprint density at radius 1 is 1.26 bits per heavy atom. The standard InChI is InChI=1S/C15H24N2O2/c1-4-16-14(19)9-12-5-7-13(8-6-12)17-10-15(2,3)11-18/h5-8,17-18H,4,9-11H2,1-3H3,(H,16,19). The molecule has 0 atom stereocenters. The minimum Gasteiger partial charge on any atom is -0.396 e. The number of aliphatic hydroxyl groups excluding tert-OH is 1. The molecule has 0 saturated heterocycles. The lowest BCUT2D eigenvalue weighted by atomic mass is 9.95. The summed E-state index contributed by atoms with van der Waals surface area (Å²) < 4.78 is 0. The van der Waals surface area contributed by atoms with Gasteiger partial charge < -0.3 is 15.7 Å². The summed E-state index contributed by atoms with van der Waals surface area (Å²) in [6, 6.07) is 7.82. The van der Waals surface area contributed by atoms with Gasteiger partial charge in [0.2, 0.25) is 5.91 Å². The predicted octanol–water partition coefficient (Wildman–Crippen LogP) is 1.80. The highest BCUT2D eigenvalue weighted by Gasteiger charge is 2.15. The molecule has 0 aliphatic heterocycles. The van der Waals surface area contributed by atoms with Crippen molar-refractivity contribution in [3.05, 3.63) is 29.8 Å². The van der Waals surface area contributed by atoms with Gasteiger partial charge in [-0.15, -0.1) is 0 Å². The third-order valence-electron chi connectivity index (χ3n) is 2.89. The summed E-state index contributed by atoms with van der Waals surface area (Å²) in [5, 5.41) is 15.2. The molecule has 0 unspecified atom stereocenters. The number of hydrogen-bond donors (Lipinski definition) is 3. The summed E-state index contributed by atoms with van der Waals surface area (Å²) in [4.78, 5) is 11.4. The van der Waals surface area contributed by atoms with Gasteiger partial charge in [0.15, 0.2) is 0 Å². The Labute approximate surface area is 115 Å². The van der Waals surface area contributed by atoms with Crippen molar-refractivity contribution >= 4 is 11.6 Å². The molecule has 1 aromatic rings. The maximum atomic E-state index is 11.4. The van der Waals surface area contributed by atoms with E-state index < -0.39 is 0 Å². The number of anilines is 1. The number of benzene rings is 1. The molecule has 0 fully saturated rings. The zero-order chi connectivity index (χ0) is 14.3. The molecular formula is C15H24N2O2. The van der Waals surface area contributed by atoms with Crippen LogP contribution >= 0.6 is 0 Å². The molecule has 0 bridgehead atoms. The largest absolute Gasteiger partial charge is 0.396 e. The van der Waals surface area contributed by atoms with Gasteiger partial charge in [0.25, 0.3) is 0 Å². The van der Waals surface area contributed by atoms with E-state index in [1.807, 2.05) is 45.0 Å². The summed E-state index contributed by atoms with van der Waals surface area (Å²) in [5.41, 5.74) is 1.86. The van der Waals surface area contributed by atoms with Crippen molar-refractivity contribution in [2.24, 2.45) is 5.41 Å². The number of carbonyl (C=O) groups is 1. The molecule has 4 nitrogen and oxygen atoms in total. The van der Waals surface area contributed by atoms with Crippen LogP contribution in [0.25, 0.3) is 0 Å². The van der Waals surface area contributed by atoms with E-state index in [0.29, 0.717) is 19.5 Å². The van der Waals surface area contributed by atoms with Crippen LogP contribution in [0.3, 0.4) is 0 Å². The van der Waals surface area contributed by atoms with Crippen LogP contribution in [-0.4, -0.2) is 30.7 Å². The quantitative estimate of drug-likeness (QED) is 0.703. The molecule has 1 amide bonds. The van der Waals surface area contributed by atoms with Gasteiger partial charge in [-0.2, -0.15) is 0 Å². The molecule has 4 heteroatoms. The fourth-order valence-electron chi connectivity index (χ4n) is 1.58. The van der Waals surface area contributed by atoms with Gasteiger partial charge in [0.1, 0.15) is 0 Å². The van der Waals surface area contributed by atoms with Crippen LogP contribution in [0.1, 0.15) is 26.3 Å². The van der Waals surface area contributed by atoms with E-state index in [4.69, 9.17) is 0 Å². The van der Waals surface area contributed by atoms with E-state index in [1.54, 1.807) is 0 Å². The van der Waals surface area contributed by atoms with Crippen molar-refractivity contribution in [1.82, 2.24) is 5.32 Å². The lowest BCUT2D eigenvalue weighted by Gasteiger charge is -2.22. The smallest absolute Gasteiger partial charge is 0.224 e. The summed E-state index contributed by atoms with van der Waals surface area (Å²) >= 11 is 0. The number of aliphatic hydroxyl groups is 1. The summed E-state index contributed by atoms with van der Waals surface area (Å²) in [6.45, 7) is 7.43. The average molecular weight is 264 g/mol. The molecule has 0 radical (unpaired) electrons. The number of amides is 1. The average Bonchev–Trinajstić information content (AvgIpc) is 2.38. The Balaban J connectivity index is 2.50. The lowest BCUT2D eigenvalue weighted by molar-refractivity contribution is -0.120. The van der Waals surface area contributed by atoms with Crippen molar-refractivity contribution in [1.29, 1.82) is 0 Å². The van der Waals surface area contributed by atoms with E-state index >= 15 is 0 Å². The first kappa shape index (κ1) is 15.5. The van der Waals surface area contributed by atoms with E-state index in [-0.39, 0.29) is 17.9 Å². The lowest BCUT2D eigenvalue weighted by Crippen LogP contribution is -2.26. The van der Waals surface area contributed by atoms with Gasteiger partial charge in [-0.25, -0.2) is 0 Å². The number of rotatable bonds is 7. The SMILES string of the molecule is CCNC(=O)Cc1ccc(NCC(C)(C)CO)cc1. The van der Waals surface area contributed by atoms with Crippen LogP contribution in [0.5, 0.6) is 0 Å². The molecule has 3 N–H and O–H groups in total. The summed E-state index contributed by atoms with van der Waals surface area (Å²) in [7, 11) is 0. The highest BCUT2D eigenvalue weighted by molar-refractivity contribution is 5.78. The number of likely N-dealkylation sites (N-methyl/N-ethyl adjacent to an activating group) is 1. The van der Waals surface area contributed by atoms with Crippen molar-refractivity contribution in [2.75, 3.05) is 25.0 Å². The van der Waals surface area contributed by atoms with Crippen molar-refractivity contribution in [3.8, 4) is 0 Å². The fourth-order valence-corrected chi connectivity index (χ4v) is 1.58. The highest BCUT2D eigenvalue weighted by atomic mass is 16.3. The maximum absolute atomic E-state index is 11.4. The zero-order valence-corrected chi connectivity index (χ0v) is 12.0. The van der Waals surface area contributed by atoms with Crippen LogP contribution in [0.2, 0.25) is 0 Å². The van der Waals surface area contributed by atoms with Crippen molar-refractivity contribution in [3.63, 3.8) is 0 Å². The summed E-state index contributed by atoms with van der Waals surface area (Å²) in [6.07, 6.45) is 0.413. The second kappa shape index (κ2) is 7.14. The van der Waals surface area contributed by atoms with Gasteiger partial charge in [0.05, 0.1) is 6.42 Å². The van der Waals surface area contributed by atoms with Crippen LogP contribution in [0, 0.1) is 5.41 Å². The topological polar surface area (TPSA) is 61.4 Å². The van der Waals surface area contributed by atoms with Gasteiger partial charge in [-0.05, 0) is 24.6 Å². The Bertz CT molecular complexity index is 399. The molecule has 0 aliphatic carbocycles. The molecular weight excluding hydrogens is 240 g/mol. The molecule has 0 heterocycles. The molecule has 0 aromatic heterocycles. The van der Waals surface area contributed by atoms with E-state index in [9.17, 15) is 9.90 Å². The monoisotopic (exact) mass is 264 g/mol. The Hall–Kier alpha value is -1.55. The van der Waals surface area contributed by atoms with Gasteiger partial charge in [-0.1, -0.05) is 26.0 Å². The Morgan fingerprint density at radius 3 is 2.42 bits per heavy atom. The first-order valence-corrected chi connectivity index (χ1v) is 6.67. The van der Waals surface area contributed by atoms with Crippen LogP contribution in [0.15, 0.2) is 24.3 Å². The van der Waals surface area contributed by atoms with Crippen molar-refractivity contribution in [2.45, 2.75) is 27.2 Å². The molecule has 106 valence electrons. The summed E-state index contributed by atoms with van der Waals surface area (Å²) in [5.74, 6) is 0.0459. The number of nitrogens with one attached hydrogen (secondary N) is 2. The van der Waals surface area contributed by atoms with E-state index in [2.05, 4.69) is 10.6 Å². The van der Waals surface area contributed by atoms with Crippen LogP contribution in [-0.2, 0) is 11.2 Å². The molecule has 1 rings (SSSR count). The minimum absolute atomic E-state index is 0.0459. The van der Waals surface area contributed by atoms with Crippen LogP contribution < -0.4 is 10.6 Å². The zero-order valence-electron chi connectivity index (χ0n) is 12.0. The molecule has 0 spiro atoms. The normalized spacial score (nSPS) is 11.2. The highest BCUT2D eigenvalue weighted by Crippen LogP contribution is 2.16. The first-order chi connectivity index (χ1) is 8.96. The minimum atomic E-state index is -0.139. The number of hydrogen-bond acceptors (Lipinski definition) is 3. The molecule has 19 heavy (non-hydrogen) atoms. The maximum Gasteiger partial charge on any atom is 0.224 e. The molecule has 0 aliphatic rings. The van der Waals surface area contributed by atoms with E-state index in [1.165, 1.54) is 0 Å². The second-order valence-electron chi connectivity index (χ2n) is 5.50. The second-order valence-corrected chi connectivity index (χ2v) is 5.50. The Morgan fingerprint density at radius 2 is 1.89 bits per heavy atom. The third kappa shape index (κ3) is 5.75. The predicted molar refractivity (Wildman–Crippen MR) is 78.2 cm³/mol. The van der Waals surface area contributed by atoms with Gasteiger partial charge in [-0.3, -0.25) is 4.79 Å². The molecule has 1 aromatic carbocycles. The van der Waals surface area contributed by atoms with Crippen LogP contribution in [0.4, 0.5) is 5.69 Å². The molecule has 0 saturated carbocycles. The van der Waals surface area contributed by atoms with Gasteiger partial charge in [0, 0.05) is 30.8 Å². The first-order valence-electron chi connectivity index (χ1n) is 6.67. The Kier molecular flexibility index (Phi) is 5.83. The van der Waals surface area contributed by atoms with Crippen molar-refractivity contribution < 1.29 is 9.90 Å². The number of carbonyl (C=O) groups excluding carboxylic acids is 1. The fraction of sp³-hybridized carbons (Fsp3) is 0.533. The third-order valence-corrected chi connectivity index (χ3v) is 2.89. The van der Waals surface area contributed by atoms with Gasteiger partial charge >= 0.3 is 0 Å². The van der Waals surface area contributed by atoms with E-state index in [0.717, 1.165) is 11.3 Å².